The number of alkyl carbamates (subject to hydrolysis) is 1. The van der Waals surface area contributed by atoms with Crippen LogP contribution in [0.15, 0.2) is 0 Å². The quantitative estimate of drug-likeness (QED) is 0.250. The van der Waals surface area contributed by atoms with Gasteiger partial charge in [-0.25, -0.2) is 9.59 Å². The Labute approximate surface area is 63.9 Å². The van der Waals surface area contributed by atoms with Gasteiger partial charge in [-0.2, -0.15) is 0 Å². The Hall–Kier alpha value is -1.50. The molecule has 1 fully saturated rings. The van der Waals surface area contributed by atoms with Gasteiger partial charge in [-0.1, -0.05) is 0 Å². The first-order valence-electron chi connectivity index (χ1n) is 3.21. The molecule has 0 heterocycles. The normalized spacial score (nSPS) is 14.8. The molecule has 0 radical (unpaired) electrons. The number of ether oxygens (including phenoxy) is 1. The number of terminal acetylenes is 1. The molecule has 1 aliphatic carbocycles. The van der Waals surface area contributed by atoms with Gasteiger partial charge in [-0.05, 0) is 12.8 Å². The molecule has 4 heteroatoms. The molecule has 11 heavy (non-hydrogen) atoms. The van der Waals surface area contributed by atoms with Crippen molar-refractivity contribution in [3.63, 3.8) is 0 Å². The van der Waals surface area contributed by atoms with Crippen LogP contribution in [0.5, 0.6) is 0 Å². The Bertz CT molecular complexity index is 224. The maximum Gasteiger partial charge on any atom is 0.415 e. The molecule has 1 amide bonds. The summed E-state index contributed by atoms with van der Waals surface area (Å²) >= 11 is 0. The molecule has 0 aliphatic heterocycles. The van der Waals surface area contributed by atoms with Crippen LogP contribution in [0.2, 0.25) is 0 Å². The fourth-order valence-electron chi connectivity index (χ4n) is 0.537. The third kappa shape index (κ3) is 2.72. The lowest BCUT2D eigenvalue weighted by Gasteiger charge is -1.98. The second-order valence-electron chi connectivity index (χ2n) is 2.24. The first kappa shape index (κ1) is 7.61. The lowest BCUT2D eigenvalue weighted by molar-refractivity contribution is -0.130. The summed E-state index contributed by atoms with van der Waals surface area (Å²) in [6, 6.07) is 0.174. The van der Waals surface area contributed by atoms with Crippen molar-refractivity contribution < 1.29 is 14.3 Å². The van der Waals surface area contributed by atoms with Crippen molar-refractivity contribution in [3.05, 3.63) is 0 Å². The fraction of sp³-hybridized carbons (Fsp3) is 0.429. The Morgan fingerprint density at radius 1 is 1.55 bits per heavy atom. The molecule has 0 aromatic heterocycles. The van der Waals surface area contributed by atoms with Crippen molar-refractivity contribution in [2.45, 2.75) is 18.9 Å². The average Bonchev–Trinajstić information content (AvgIpc) is 2.71. The summed E-state index contributed by atoms with van der Waals surface area (Å²) in [6.07, 6.45) is 5.80. The van der Waals surface area contributed by atoms with Crippen LogP contribution < -0.4 is 5.32 Å². The van der Waals surface area contributed by atoms with Crippen LogP contribution in [-0.2, 0) is 9.53 Å². The van der Waals surface area contributed by atoms with Gasteiger partial charge in [-0.15, -0.1) is 6.42 Å². The third-order valence-electron chi connectivity index (χ3n) is 1.20. The summed E-state index contributed by atoms with van der Waals surface area (Å²) in [4.78, 5) is 20.9. The molecule has 0 aromatic rings. The lowest BCUT2D eigenvalue weighted by Crippen LogP contribution is -2.27. The molecular weight excluding hydrogens is 146 g/mol. The van der Waals surface area contributed by atoms with Gasteiger partial charge in [0.25, 0.3) is 0 Å². The molecule has 0 spiro atoms. The Balaban J connectivity index is 2.20. The maximum absolute atomic E-state index is 10.6. The molecule has 1 aliphatic rings. The van der Waals surface area contributed by atoms with E-state index in [0.717, 1.165) is 12.8 Å². The fourth-order valence-corrected chi connectivity index (χ4v) is 0.537. The maximum atomic E-state index is 10.6. The number of esters is 1. The Morgan fingerprint density at radius 2 is 2.18 bits per heavy atom. The first-order valence-corrected chi connectivity index (χ1v) is 3.21. The molecule has 1 rings (SSSR count). The smallest absolute Gasteiger partial charge is 0.366 e. The van der Waals surface area contributed by atoms with Crippen molar-refractivity contribution >= 4 is 12.1 Å². The number of nitrogens with one attached hydrogen (secondary N) is 1. The van der Waals surface area contributed by atoms with E-state index in [9.17, 15) is 9.59 Å². The van der Waals surface area contributed by atoms with Gasteiger partial charge < -0.3 is 10.1 Å². The van der Waals surface area contributed by atoms with Crippen LogP contribution in [0, 0.1) is 12.3 Å². The van der Waals surface area contributed by atoms with Crippen molar-refractivity contribution in [1.82, 2.24) is 5.32 Å². The highest BCUT2D eigenvalue weighted by Crippen LogP contribution is 2.18. The van der Waals surface area contributed by atoms with Gasteiger partial charge in [0.15, 0.2) is 0 Å². The zero-order valence-electron chi connectivity index (χ0n) is 5.79. The van der Waals surface area contributed by atoms with E-state index in [1.165, 1.54) is 0 Å². The van der Waals surface area contributed by atoms with Crippen molar-refractivity contribution in [1.29, 1.82) is 0 Å². The van der Waals surface area contributed by atoms with E-state index in [4.69, 9.17) is 0 Å². The number of rotatable bonds is 1. The highest BCUT2D eigenvalue weighted by atomic mass is 16.6. The van der Waals surface area contributed by atoms with E-state index < -0.39 is 12.1 Å². The van der Waals surface area contributed by atoms with E-state index in [2.05, 4.69) is 16.5 Å². The van der Waals surface area contributed by atoms with E-state index in [0.29, 0.717) is 0 Å². The van der Waals surface area contributed by atoms with Crippen LogP contribution in [0.4, 0.5) is 4.79 Å². The molecule has 0 aromatic carbocycles. The molecule has 0 saturated heterocycles. The summed E-state index contributed by atoms with van der Waals surface area (Å²) < 4.78 is 4.13. The SMILES string of the molecule is C#CC(=O)OC(=O)NC1CC1. The molecule has 0 atom stereocenters. The van der Waals surface area contributed by atoms with Crippen LogP contribution in [0.3, 0.4) is 0 Å². The van der Waals surface area contributed by atoms with Gasteiger partial charge in [0.2, 0.25) is 0 Å². The molecular formula is C7H7NO3. The minimum Gasteiger partial charge on any atom is -0.366 e. The monoisotopic (exact) mass is 153 g/mol. The largest absolute Gasteiger partial charge is 0.415 e. The molecule has 0 unspecified atom stereocenters. The Morgan fingerprint density at radius 3 is 2.64 bits per heavy atom. The summed E-state index contributed by atoms with van der Waals surface area (Å²) in [7, 11) is 0. The van der Waals surface area contributed by atoms with Crippen LogP contribution in [0.25, 0.3) is 0 Å². The highest BCUT2D eigenvalue weighted by molar-refractivity contribution is 5.95. The number of hydrogen-bond acceptors (Lipinski definition) is 3. The summed E-state index contributed by atoms with van der Waals surface area (Å²) in [5.74, 6) is 0.712. The van der Waals surface area contributed by atoms with Crippen molar-refractivity contribution in [3.8, 4) is 12.3 Å². The molecule has 1 saturated carbocycles. The van der Waals surface area contributed by atoms with Gasteiger partial charge in [0.05, 0.1) is 0 Å². The minimum atomic E-state index is -0.955. The number of carbonyl (C=O) groups excluding carboxylic acids is 2. The number of hydrogen-bond donors (Lipinski definition) is 1. The second kappa shape index (κ2) is 3.06. The Kier molecular flexibility index (Phi) is 2.12. The number of amides is 1. The third-order valence-corrected chi connectivity index (χ3v) is 1.20. The average molecular weight is 153 g/mol. The van der Waals surface area contributed by atoms with Crippen LogP contribution in [0.1, 0.15) is 12.8 Å². The standard InChI is InChI=1S/C7H7NO3/c1-2-6(9)11-7(10)8-5-3-4-5/h1,5H,3-4H2,(H,8,10). The van der Waals surface area contributed by atoms with E-state index in [-0.39, 0.29) is 6.04 Å². The van der Waals surface area contributed by atoms with Gasteiger partial charge in [0.1, 0.15) is 0 Å². The molecule has 4 nitrogen and oxygen atoms in total. The lowest BCUT2D eigenvalue weighted by atomic mass is 10.7. The first-order chi connectivity index (χ1) is 5.22. The van der Waals surface area contributed by atoms with E-state index in [1.807, 2.05) is 0 Å². The zero-order valence-corrected chi connectivity index (χ0v) is 5.79. The predicted molar refractivity (Wildman–Crippen MR) is 36.5 cm³/mol. The molecule has 0 bridgehead atoms. The van der Waals surface area contributed by atoms with E-state index in [1.54, 1.807) is 5.92 Å². The summed E-state index contributed by atoms with van der Waals surface area (Å²) in [5.41, 5.74) is 0. The predicted octanol–water partition coefficient (Wildman–Crippen LogP) is 0.0348. The van der Waals surface area contributed by atoms with Crippen molar-refractivity contribution in [2.75, 3.05) is 0 Å². The van der Waals surface area contributed by atoms with E-state index >= 15 is 0 Å². The number of carbonyl (C=O) groups is 2. The zero-order chi connectivity index (χ0) is 8.27. The summed E-state index contributed by atoms with van der Waals surface area (Å²) in [6.45, 7) is 0. The minimum absolute atomic E-state index is 0.174. The molecule has 1 N–H and O–H groups in total. The topological polar surface area (TPSA) is 55.4 Å². The van der Waals surface area contributed by atoms with Gasteiger partial charge in [-0.3, -0.25) is 0 Å². The van der Waals surface area contributed by atoms with Gasteiger partial charge >= 0.3 is 12.1 Å². The van der Waals surface area contributed by atoms with Gasteiger partial charge in [0, 0.05) is 12.0 Å². The van der Waals surface area contributed by atoms with Crippen LogP contribution >= 0.6 is 0 Å². The summed E-state index contributed by atoms with van der Waals surface area (Å²) in [5, 5.41) is 2.44. The van der Waals surface area contributed by atoms with Crippen molar-refractivity contribution in [2.24, 2.45) is 0 Å². The second-order valence-corrected chi connectivity index (χ2v) is 2.24. The molecule has 58 valence electrons. The van der Waals surface area contributed by atoms with Crippen LogP contribution in [-0.4, -0.2) is 18.1 Å². The highest BCUT2D eigenvalue weighted by Gasteiger charge is 2.24.